The number of hydrogen-bond donors (Lipinski definition) is 3. The Hall–Kier alpha value is -3.11. The van der Waals surface area contributed by atoms with E-state index in [4.69, 9.17) is 9.84 Å². The summed E-state index contributed by atoms with van der Waals surface area (Å²) in [6, 6.07) is 12.6. The zero-order chi connectivity index (χ0) is 24.9. The van der Waals surface area contributed by atoms with Gasteiger partial charge in [0, 0.05) is 19.4 Å². The van der Waals surface area contributed by atoms with Gasteiger partial charge in [0.05, 0.1) is 24.1 Å². The Balaban J connectivity index is 1.78. The maximum absolute atomic E-state index is 13.1. The van der Waals surface area contributed by atoms with Crippen LogP contribution < -0.4 is 10.1 Å². The van der Waals surface area contributed by atoms with Gasteiger partial charge >= 0.3 is 12.1 Å². The standard InChI is InChI=1S/C24H27F3N2O5/c1-29(14-15-6-3-2-4-7-15)22-18(28-20(30)10-11-21(31)32)13-19(23(22)33)34-17-9-5-8-16(12-17)24(25,26)27/h2-9,12,18-19,22-23,33H,10-11,13-14H2,1H3,(H,28,30)(H,31,32)/t18-,19-,22+,23+/m1/s1. The summed E-state index contributed by atoms with van der Waals surface area (Å²) in [5, 5.41) is 22.7. The number of carbonyl (C=O) groups is 2. The Bertz CT molecular complexity index is 986. The third kappa shape index (κ3) is 6.71. The average molecular weight is 480 g/mol. The third-order valence-corrected chi connectivity index (χ3v) is 5.77. The molecule has 1 saturated carbocycles. The van der Waals surface area contributed by atoms with Crippen LogP contribution in [0.1, 0.15) is 30.4 Å². The monoisotopic (exact) mass is 480 g/mol. The van der Waals surface area contributed by atoms with Gasteiger partial charge in [-0.3, -0.25) is 14.5 Å². The minimum absolute atomic E-state index is 0.0406. The molecule has 7 nitrogen and oxygen atoms in total. The summed E-state index contributed by atoms with van der Waals surface area (Å²) in [4.78, 5) is 25.0. The van der Waals surface area contributed by atoms with E-state index in [1.165, 1.54) is 12.1 Å². The van der Waals surface area contributed by atoms with Crippen LogP contribution in [0.25, 0.3) is 0 Å². The van der Waals surface area contributed by atoms with Gasteiger partial charge in [0.15, 0.2) is 0 Å². The smallest absolute Gasteiger partial charge is 0.416 e. The zero-order valence-electron chi connectivity index (χ0n) is 18.5. The highest BCUT2D eigenvalue weighted by Crippen LogP contribution is 2.34. The normalized spacial score (nSPS) is 22.5. The number of carbonyl (C=O) groups excluding carboxylic acids is 1. The van der Waals surface area contributed by atoms with E-state index in [0.717, 1.165) is 17.7 Å². The molecule has 2 aromatic rings. The van der Waals surface area contributed by atoms with Crippen LogP contribution in [0.5, 0.6) is 5.75 Å². The molecule has 0 aromatic heterocycles. The quantitative estimate of drug-likeness (QED) is 0.510. The van der Waals surface area contributed by atoms with Crippen molar-refractivity contribution in [2.75, 3.05) is 7.05 Å². The number of likely N-dealkylation sites (N-methyl/N-ethyl adjacent to an activating group) is 1. The van der Waals surface area contributed by atoms with E-state index >= 15 is 0 Å². The van der Waals surface area contributed by atoms with Crippen molar-refractivity contribution in [2.45, 2.75) is 56.3 Å². The van der Waals surface area contributed by atoms with Crippen LogP contribution in [-0.2, 0) is 22.3 Å². The van der Waals surface area contributed by atoms with Crippen LogP contribution in [0.15, 0.2) is 54.6 Å². The molecular formula is C24H27F3N2O5. The molecule has 4 atom stereocenters. The molecule has 0 aliphatic heterocycles. The number of rotatable bonds is 9. The van der Waals surface area contributed by atoms with Crippen LogP contribution in [0.2, 0.25) is 0 Å². The number of nitrogens with one attached hydrogen (secondary N) is 1. The Morgan fingerprint density at radius 3 is 2.47 bits per heavy atom. The second-order valence-corrected chi connectivity index (χ2v) is 8.37. The van der Waals surface area contributed by atoms with Gasteiger partial charge in [-0.15, -0.1) is 0 Å². The summed E-state index contributed by atoms with van der Waals surface area (Å²) < 4.78 is 44.9. The lowest BCUT2D eigenvalue weighted by Crippen LogP contribution is -2.51. The number of ether oxygens (including phenoxy) is 1. The van der Waals surface area contributed by atoms with E-state index < -0.39 is 47.9 Å². The zero-order valence-corrected chi connectivity index (χ0v) is 18.5. The van der Waals surface area contributed by atoms with Crippen LogP contribution >= 0.6 is 0 Å². The average Bonchev–Trinajstić information content (AvgIpc) is 3.07. The molecule has 0 saturated heterocycles. The van der Waals surface area contributed by atoms with Crippen molar-refractivity contribution < 1.29 is 37.7 Å². The lowest BCUT2D eigenvalue weighted by atomic mass is 10.1. The van der Waals surface area contributed by atoms with E-state index in [1.54, 1.807) is 7.05 Å². The third-order valence-electron chi connectivity index (χ3n) is 5.77. The highest BCUT2D eigenvalue weighted by atomic mass is 19.4. The summed E-state index contributed by atoms with van der Waals surface area (Å²) in [7, 11) is 1.77. The first kappa shape index (κ1) is 25.5. The molecule has 0 bridgehead atoms. The van der Waals surface area contributed by atoms with Gasteiger partial charge in [-0.25, -0.2) is 0 Å². The highest BCUT2D eigenvalue weighted by molar-refractivity contribution is 5.80. The van der Waals surface area contributed by atoms with Crippen molar-refractivity contribution in [3.63, 3.8) is 0 Å². The molecular weight excluding hydrogens is 453 g/mol. The maximum Gasteiger partial charge on any atom is 0.416 e. The minimum atomic E-state index is -4.53. The molecule has 10 heteroatoms. The van der Waals surface area contributed by atoms with Crippen molar-refractivity contribution in [3.8, 4) is 5.75 Å². The van der Waals surface area contributed by atoms with Crippen molar-refractivity contribution in [3.05, 3.63) is 65.7 Å². The number of carboxylic acids is 1. The number of halogens is 3. The predicted molar refractivity (Wildman–Crippen MR) is 117 cm³/mol. The van der Waals surface area contributed by atoms with Gasteiger partial charge in [-0.05, 0) is 30.8 Å². The van der Waals surface area contributed by atoms with Crippen LogP contribution in [0, 0.1) is 0 Å². The lowest BCUT2D eigenvalue weighted by molar-refractivity contribution is -0.139. The van der Waals surface area contributed by atoms with Crippen molar-refractivity contribution in [1.29, 1.82) is 0 Å². The number of aliphatic hydroxyl groups excluding tert-OH is 1. The molecule has 1 aliphatic rings. The topological polar surface area (TPSA) is 99.1 Å². The first-order chi connectivity index (χ1) is 16.0. The fraction of sp³-hybridized carbons (Fsp3) is 0.417. The summed E-state index contributed by atoms with van der Waals surface area (Å²) in [5.41, 5.74) is 0.101. The Labute approximate surface area is 195 Å². The number of aliphatic carboxylic acids is 1. The van der Waals surface area contributed by atoms with Gasteiger partial charge in [-0.2, -0.15) is 13.2 Å². The van der Waals surface area contributed by atoms with Crippen LogP contribution in [0.4, 0.5) is 13.2 Å². The largest absolute Gasteiger partial charge is 0.488 e. The van der Waals surface area contributed by atoms with E-state index in [-0.39, 0.29) is 25.0 Å². The number of aliphatic hydroxyl groups is 1. The summed E-state index contributed by atoms with van der Waals surface area (Å²) in [6.07, 6.45) is -6.96. The van der Waals surface area contributed by atoms with Gasteiger partial charge in [0.1, 0.15) is 18.0 Å². The molecule has 1 aliphatic carbocycles. The number of hydrogen-bond acceptors (Lipinski definition) is 5. The van der Waals surface area contributed by atoms with Gasteiger partial charge < -0.3 is 20.3 Å². The predicted octanol–water partition coefficient (Wildman–Crippen LogP) is 3.07. The summed E-state index contributed by atoms with van der Waals surface area (Å²) >= 11 is 0. The first-order valence-corrected chi connectivity index (χ1v) is 10.8. The molecule has 1 fully saturated rings. The molecule has 34 heavy (non-hydrogen) atoms. The minimum Gasteiger partial charge on any atom is -0.488 e. The van der Waals surface area contributed by atoms with Crippen molar-refractivity contribution in [2.24, 2.45) is 0 Å². The number of nitrogens with zero attached hydrogens (tertiary/aromatic N) is 1. The van der Waals surface area contributed by atoms with E-state index in [1.807, 2.05) is 35.2 Å². The van der Waals surface area contributed by atoms with Crippen molar-refractivity contribution in [1.82, 2.24) is 10.2 Å². The summed E-state index contributed by atoms with van der Waals surface area (Å²) in [5.74, 6) is -1.64. The lowest BCUT2D eigenvalue weighted by Gasteiger charge is -2.32. The number of alkyl halides is 3. The molecule has 0 heterocycles. The van der Waals surface area contributed by atoms with E-state index in [2.05, 4.69) is 5.32 Å². The Morgan fingerprint density at radius 1 is 1.12 bits per heavy atom. The fourth-order valence-electron chi connectivity index (χ4n) is 4.21. The SMILES string of the molecule is CN(Cc1ccccc1)[C@@H]1[C@@H](O)[C@H](Oc2cccc(C(F)(F)F)c2)C[C@H]1NC(=O)CCC(=O)O. The van der Waals surface area contributed by atoms with Crippen LogP contribution in [-0.4, -0.2) is 58.3 Å². The number of amides is 1. The Kier molecular flexibility index (Phi) is 8.16. The molecule has 0 spiro atoms. The highest BCUT2D eigenvalue weighted by Gasteiger charge is 2.46. The fourth-order valence-corrected chi connectivity index (χ4v) is 4.21. The van der Waals surface area contributed by atoms with Gasteiger partial charge in [0.25, 0.3) is 0 Å². The van der Waals surface area contributed by atoms with E-state index in [0.29, 0.717) is 6.54 Å². The van der Waals surface area contributed by atoms with Crippen molar-refractivity contribution >= 4 is 11.9 Å². The first-order valence-electron chi connectivity index (χ1n) is 10.8. The van der Waals surface area contributed by atoms with Crippen LogP contribution in [0.3, 0.4) is 0 Å². The molecule has 2 aromatic carbocycles. The molecule has 3 N–H and O–H groups in total. The molecule has 1 amide bonds. The molecule has 0 radical (unpaired) electrons. The van der Waals surface area contributed by atoms with Gasteiger partial charge in [-0.1, -0.05) is 36.4 Å². The second-order valence-electron chi connectivity index (χ2n) is 8.37. The number of benzene rings is 2. The van der Waals surface area contributed by atoms with E-state index in [9.17, 15) is 27.9 Å². The molecule has 184 valence electrons. The van der Waals surface area contributed by atoms with Gasteiger partial charge in [0.2, 0.25) is 5.91 Å². The number of carboxylic acid groups (broad SMARTS) is 1. The summed E-state index contributed by atoms with van der Waals surface area (Å²) in [6.45, 7) is 0.445. The maximum atomic E-state index is 13.1. The second kappa shape index (κ2) is 10.9. The molecule has 0 unspecified atom stereocenters. The Morgan fingerprint density at radius 2 is 1.82 bits per heavy atom. The molecule has 3 rings (SSSR count).